The van der Waals surface area contributed by atoms with E-state index >= 15 is 0 Å². The van der Waals surface area contributed by atoms with Crippen LogP contribution in [0.25, 0.3) is 32.8 Å². The van der Waals surface area contributed by atoms with E-state index in [9.17, 15) is 4.79 Å². The highest BCUT2D eigenvalue weighted by Gasteiger charge is 2.44. The molecule has 7 rings (SSSR count). The molecule has 2 unspecified atom stereocenters. The van der Waals surface area contributed by atoms with Gasteiger partial charge in [0, 0.05) is 72.9 Å². The molecule has 0 spiro atoms. The topological polar surface area (TPSA) is 73.6 Å². The van der Waals surface area contributed by atoms with E-state index in [0.717, 1.165) is 81.6 Å². The van der Waals surface area contributed by atoms with Crippen LogP contribution in [0.3, 0.4) is 0 Å². The maximum atomic E-state index is 14.3. The summed E-state index contributed by atoms with van der Waals surface area (Å²) in [6, 6.07) is 19.6. The molecule has 1 saturated carbocycles. The zero-order valence-corrected chi connectivity index (χ0v) is 30.9. The number of esters is 1. The Hall–Kier alpha value is -3.56. The summed E-state index contributed by atoms with van der Waals surface area (Å²) in [5.74, 6) is 0.559. The number of benzene rings is 3. The van der Waals surface area contributed by atoms with Crippen molar-refractivity contribution in [3.8, 4) is 16.9 Å². The molecule has 10 heteroatoms. The monoisotopic (exact) mass is 703 g/mol. The fourth-order valence-electron chi connectivity index (χ4n) is 7.53. The van der Waals surface area contributed by atoms with Gasteiger partial charge in [-0.15, -0.1) is 12.4 Å². The highest BCUT2D eigenvalue weighted by atomic mass is 35.5. The molecule has 2 aromatic heterocycles. The second kappa shape index (κ2) is 14.0. The van der Waals surface area contributed by atoms with E-state index in [2.05, 4.69) is 46.0 Å². The number of aromatic nitrogens is 3. The number of piperazine rings is 1. The van der Waals surface area contributed by atoms with Crippen LogP contribution in [0.4, 0.5) is 0 Å². The molecule has 260 valence electrons. The molecule has 2 aliphatic rings. The maximum absolute atomic E-state index is 14.3. The smallest absolute Gasteiger partial charge is 0.355 e. The zero-order valence-electron chi connectivity index (χ0n) is 29.3. The van der Waals surface area contributed by atoms with Crippen LogP contribution in [-0.4, -0.2) is 69.1 Å². The van der Waals surface area contributed by atoms with E-state index in [4.69, 9.17) is 26.2 Å². The van der Waals surface area contributed by atoms with E-state index < -0.39 is 5.60 Å². The molecule has 0 radical (unpaired) electrons. The van der Waals surface area contributed by atoms with Crippen molar-refractivity contribution < 1.29 is 14.3 Å². The van der Waals surface area contributed by atoms with E-state index in [1.807, 2.05) is 69.8 Å². The lowest BCUT2D eigenvalue weighted by atomic mass is 9.98. The van der Waals surface area contributed by atoms with E-state index in [0.29, 0.717) is 42.4 Å². The number of rotatable bonds is 10. The van der Waals surface area contributed by atoms with Crippen molar-refractivity contribution in [2.24, 2.45) is 7.05 Å². The molecule has 1 aliphatic heterocycles. The van der Waals surface area contributed by atoms with Crippen LogP contribution in [-0.2, 0) is 24.8 Å². The Balaban J connectivity index is 0.00000417. The second-order valence-corrected chi connectivity index (χ2v) is 14.7. The minimum Gasteiger partial charge on any atom is -0.493 e. The highest BCUT2D eigenvalue weighted by molar-refractivity contribution is 6.35. The number of aryl methyl sites for hydroxylation is 3. The SMILES string of the molecule is Cc1nn(C)c(C)c1-c1c(Cl)ccc2c(CCCOc3cccc4ccccc34)c(C(=O)OC(C)(C)C)n(CCN3CCNC4CC43)c12.Cl. The molecule has 3 heterocycles. The summed E-state index contributed by atoms with van der Waals surface area (Å²) in [7, 11) is 1.96. The fraction of sp³-hybridized carbons (Fsp3) is 0.436. The number of halogens is 2. The molecule has 2 fully saturated rings. The van der Waals surface area contributed by atoms with Gasteiger partial charge < -0.3 is 19.4 Å². The predicted molar refractivity (Wildman–Crippen MR) is 201 cm³/mol. The Morgan fingerprint density at radius 3 is 2.55 bits per heavy atom. The lowest BCUT2D eigenvalue weighted by Crippen LogP contribution is -2.44. The first-order chi connectivity index (χ1) is 23.0. The van der Waals surface area contributed by atoms with Gasteiger partial charge in [0.25, 0.3) is 0 Å². The number of carbonyl (C=O) groups is 1. The van der Waals surface area contributed by atoms with Crippen molar-refractivity contribution in [1.82, 2.24) is 24.6 Å². The maximum Gasteiger partial charge on any atom is 0.355 e. The molecule has 0 amide bonds. The Labute approximate surface area is 300 Å². The molecule has 1 aliphatic carbocycles. The normalized spacial score (nSPS) is 17.6. The Bertz CT molecular complexity index is 2000. The molecule has 1 N–H and O–H groups in total. The Kier molecular flexibility index (Phi) is 10.1. The van der Waals surface area contributed by atoms with Gasteiger partial charge in [0.05, 0.1) is 22.8 Å². The first kappa shape index (κ1) is 35.3. The first-order valence-corrected chi connectivity index (χ1v) is 17.5. The standard InChI is InChI=1S/C39H46ClN5O3.ClH/c1-24-34(25(2)43(6)42-24)35-30(40)17-16-29-28(14-10-22-47-33-15-9-12-26-11-7-8-13-27(26)33)37(38(46)48-39(3,4)5)45(36(29)35)21-20-44-19-18-41-31-23-32(31)44;/h7-9,11-13,15-17,31-32,41H,10,14,18-23H2,1-6H3;1H. The molecular formula is C39H47Cl2N5O3. The van der Waals surface area contributed by atoms with Gasteiger partial charge >= 0.3 is 5.97 Å². The Morgan fingerprint density at radius 1 is 1.02 bits per heavy atom. The van der Waals surface area contributed by atoms with Crippen LogP contribution >= 0.6 is 24.0 Å². The van der Waals surface area contributed by atoms with Gasteiger partial charge in [-0.3, -0.25) is 9.58 Å². The summed E-state index contributed by atoms with van der Waals surface area (Å²) in [5, 5.41) is 12.3. The van der Waals surface area contributed by atoms with Crippen molar-refractivity contribution in [3.05, 3.63) is 82.3 Å². The summed E-state index contributed by atoms with van der Waals surface area (Å²) in [6.45, 7) is 13.9. The van der Waals surface area contributed by atoms with Crippen molar-refractivity contribution in [1.29, 1.82) is 0 Å². The number of nitrogens with one attached hydrogen (secondary N) is 1. The molecule has 3 aromatic carbocycles. The third-order valence-electron chi connectivity index (χ3n) is 9.85. The lowest BCUT2D eigenvalue weighted by molar-refractivity contribution is 0.00561. The van der Waals surface area contributed by atoms with Crippen molar-refractivity contribution in [3.63, 3.8) is 0 Å². The number of carbonyl (C=O) groups excluding carboxylic acids is 1. The van der Waals surface area contributed by atoms with Gasteiger partial charge in [-0.2, -0.15) is 5.10 Å². The molecular weight excluding hydrogens is 657 g/mol. The average molecular weight is 705 g/mol. The summed E-state index contributed by atoms with van der Waals surface area (Å²) >= 11 is 7.13. The number of nitrogens with zero attached hydrogens (tertiary/aromatic N) is 4. The van der Waals surface area contributed by atoms with Gasteiger partial charge in [-0.05, 0) is 77.0 Å². The van der Waals surface area contributed by atoms with Gasteiger partial charge in [0.1, 0.15) is 17.0 Å². The van der Waals surface area contributed by atoms with E-state index in [-0.39, 0.29) is 18.4 Å². The molecule has 49 heavy (non-hydrogen) atoms. The van der Waals surface area contributed by atoms with Gasteiger partial charge in [0.2, 0.25) is 0 Å². The van der Waals surface area contributed by atoms with Gasteiger partial charge in [-0.1, -0.05) is 54.1 Å². The second-order valence-electron chi connectivity index (χ2n) is 14.3. The van der Waals surface area contributed by atoms with Gasteiger partial charge in [-0.25, -0.2) is 4.79 Å². The average Bonchev–Trinajstić information content (AvgIpc) is 3.72. The van der Waals surface area contributed by atoms with Crippen LogP contribution in [0.1, 0.15) is 61.1 Å². The van der Waals surface area contributed by atoms with Crippen LogP contribution in [0, 0.1) is 13.8 Å². The van der Waals surface area contributed by atoms with Crippen molar-refractivity contribution >= 4 is 51.7 Å². The number of ether oxygens (including phenoxy) is 2. The third kappa shape index (κ3) is 6.93. The first-order valence-electron chi connectivity index (χ1n) is 17.2. The molecule has 8 nitrogen and oxygen atoms in total. The predicted octanol–water partition coefficient (Wildman–Crippen LogP) is 7.90. The Morgan fingerprint density at radius 2 is 1.80 bits per heavy atom. The minimum atomic E-state index is -0.649. The van der Waals surface area contributed by atoms with E-state index in [1.54, 1.807) is 0 Å². The van der Waals surface area contributed by atoms with Gasteiger partial charge in [0.15, 0.2) is 0 Å². The molecule has 0 bridgehead atoms. The van der Waals surface area contributed by atoms with Crippen molar-refractivity contribution in [2.75, 3.05) is 26.2 Å². The number of hydrogen-bond acceptors (Lipinski definition) is 6. The lowest BCUT2D eigenvalue weighted by Gasteiger charge is -2.28. The summed E-state index contributed by atoms with van der Waals surface area (Å²) in [6.07, 6.45) is 2.55. The molecule has 1 saturated heterocycles. The minimum absolute atomic E-state index is 0. The number of fused-ring (bicyclic) bond motifs is 3. The summed E-state index contributed by atoms with van der Waals surface area (Å²) in [4.78, 5) is 16.9. The zero-order chi connectivity index (χ0) is 33.7. The van der Waals surface area contributed by atoms with Crippen LogP contribution < -0.4 is 10.1 Å². The van der Waals surface area contributed by atoms with E-state index in [1.165, 1.54) is 6.42 Å². The largest absolute Gasteiger partial charge is 0.493 e. The molecule has 5 aromatic rings. The third-order valence-corrected chi connectivity index (χ3v) is 10.2. The van der Waals surface area contributed by atoms with Crippen LogP contribution in [0.15, 0.2) is 54.6 Å². The summed E-state index contributed by atoms with van der Waals surface area (Å²) in [5.41, 5.74) is 5.77. The molecule has 2 atom stereocenters. The van der Waals surface area contributed by atoms with Crippen LogP contribution in [0.5, 0.6) is 5.75 Å². The highest BCUT2D eigenvalue weighted by Crippen LogP contribution is 2.43. The summed E-state index contributed by atoms with van der Waals surface area (Å²) < 4.78 is 16.6. The fourth-order valence-corrected chi connectivity index (χ4v) is 7.77. The number of hydrogen-bond donors (Lipinski definition) is 1. The van der Waals surface area contributed by atoms with Crippen molar-refractivity contribution in [2.45, 2.75) is 78.1 Å². The quantitative estimate of drug-likeness (QED) is 0.118. The van der Waals surface area contributed by atoms with Crippen LogP contribution in [0.2, 0.25) is 5.02 Å².